The van der Waals surface area contributed by atoms with E-state index in [1.165, 1.54) is 12.1 Å². The van der Waals surface area contributed by atoms with Gasteiger partial charge in [-0.3, -0.25) is 4.79 Å². The molecule has 1 heterocycles. The topological polar surface area (TPSA) is 59.2 Å². The van der Waals surface area contributed by atoms with Crippen molar-refractivity contribution in [1.82, 2.24) is 9.88 Å². The molecule has 1 aromatic heterocycles. The van der Waals surface area contributed by atoms with Crippen LogP contribution in [0.2, 0.25) is 0 Å². The number of fused-ring (bicyclic) bond motifs is 1. The zero-order valence-electron chi connectivity index (χ0n) is 18.3. The third kappa shape index (κ3) is 4.42. The molecular weight excluding hydrogens is 421 g/mol. The average molecular weight is 448 g/mol. The molecule has 0 saturated carbocycles. The molecule has 0 aliphatic heterocycles. The number of hydrogen-bond acceptors (Lipinski definition) is 4. The molecule has 0 bridgehead atoms. The Kier molecular flexibility index (Phi) is 6.63. The number of nitrogens with two attached hydrogens (primary N) is 1. The first kappa shape index (κ1) is 22.1. The molecule has 0 atom stereocenters. The number of rotatable bonds is 7. The van der Waals surface area contributed by atoms with Crippen LogP contribution in [-0.4, -0.2) is 28.9 Å². The predicted octanol–water partition coefficient (Wildman–Crippen LogP) is 6.10. The Labute approximate surface area is 191 Å². The van der Waals surface area contributed by atoms with E-state index in [0.29, 0.717) is 18.7 Å². The van der Waals surface area contributed by atoms with Crippen molar-refractivity contribution in [2.45, 2.75) is 26.8 Å². The van der Waals surface area contributed by atoms with E-state index >= 15 is 0 Å². The van der Waals surface area contributed by atoms with Crippen molar-refractivity contribution in [1.29, 1.82) is 0 Å². The average Bonchev–Trinajstić information content (AvgIpc) is 3.25. The van der Waals surface area contributed by atoms with Crippen molar-refractivity contribution in [3.8, 4) is 22.3 Å². The quantitative estimate of drug-likeness (QED) is 0.372. The van der Waals surface area contributed by atoms with Crippen LogP contribution in [0.15, 0.2) is 60.7 Å². The Morgan fingerprint density at radius 3 is 2.31 bits per heavy atom. The van der Waals surface area contributed by atoms with E-state index in [4.69, 9.17) is 5.73 Å². The Morgan fingerprint density at radius 1 is 1.00 bits per heavy atom. The van der Waals surface area contributed by atoms with E-state index in [1.54, 1.807) is 23.5 Å². The second-order valence-electron chi connectivity index (χ2n) is 7.65. The molecule has 0 radical (unpaired) electrons. The lowest BCUT2D eigenvalue weighted by molar-refractivity contribution is 0.0764. The molecule has 0 saturated heterocycles. The zero-order valence-corrected chi connectivity index (χ0v) is 19.1. The summed E-state index contributed by atoms with van der Waals surface area (Å²) < 4.78 is 14.5. The molecule has 3 aromatic carbocycles. The summed E-state index contributed by atoms with van der Waals surface area (Å²) in [6, 6.07) is 18.3. The van der Waals surface area contributed by atoms with Crippen molar-refractivity contribution < 1.29 is 9.18 Å². The Morgan fingerprint density at radius 2 is 1.69 bits per heavy atom. The van der Waals surface area contributed by atoms with Crippen LogP contribution >= 0.6 is 11.3 Å². The van der Waals surface area contributed by atoms with Gasteiger partial charge in [0.1, 0.15) is 10.8 Å². The summed E-state index contributed by atoms with van der Waals surface area (Å²) in [7, 11) is 0. The molecule has 1 amide bonds. The number of aromatic nitrogens is 1. The molecular formula is C26H26FN3OS. The lowest BCUT2D eigenvalue weighted by Crippen LogP contribution is -2.31. The van der Waals surface area contributed by atoms with Gasteiger partial charge in [-0.1, -0.05) is 31.2 Å². The molecule has 0 aliphatic carbocycles. The smallest absolute Gasteiger partial charge is 0.253 e. The van der Waals surface area contributed by atoms with Gasteiger partial charge in [-0.2, -0.15) is 0 Å². The first-order valence-electron chi connectivity index (χ1n) is 10.8. The molecule has 4 rings (SSSR count). The van der Waals surface area contributed by atoms with Crippen LogP contribution in [0, 0.1) is 5.82 Å². The SMILES string of the molecule is CCCN(CC)C(=O)c1ccc(-c2cc(-c3ccc(F)cc3)c3sc(CN)nc3c2)cc1. The number of benzene rings is 3. The number of amides is 1. The maximum Gasteiger partial charge on any atom is 0.253 e. The minimum absolute atomic E-state index is 0.0513. The van der Waals surface area contributed by atoms with Crippen LogP contribution < -0.4 is 5.73 Å². The third-order valence-electron chi connectivity index (χ3n) is 5.49. The second-order valence-corrected chi connectivity index (χ2v) is 8.74. The van der Waals surface area contributed by atoms with Crippen molar-refractivity contribution in [3.63, 3.8) is 0 Å². The molecule has 2 N–H and O–H groups in total. The minimum atomic E-state index is -0.266. The van der Waals surface area contributed by atoms with Gasteiger partial charge in [-0.25, -0.2) is 9.37 Å². The number of hydrogen-bond donors (Lipinski definition) is 1. The summed E-state index contributed by atoms with van der Waals surface area (Å²) in [5.41, 5.74) is 11.3. The summed E-state index contributed by atoms with van der Waals surface area (Å²) >= 11 is 1.56. The zero-order chi connectivity index (χ0) is 22.7. The van der Waals surface area contributed by atoms with Gasteiger partial charge in [0, 0.05) is 30.8 Å². The van der Waals surface area contributed by atoms with Gasteiger partial charge in [-0.15, -0.1) is 11.3 Å². The lowest BCUT2D eigenvalue weighted by atomic mass is 9.97. The first-order valence-corrected chi connectivity index (χ1v) is 11.6. The fourth-order valence-corrected chi connectivity index (χ4v) is 4.80. The molecule has 6 heteroatoms. The number of carbonyl (C=O) groups is 1. The van der Waals surface area contributed by atoms with Crippen molar-refractivity contribution >= 4 is 27.5 Å². The normalized spacial score (nSPS) is 11.1. The summed E-state index contributed by atoms with van der Waals surface area (Å²) in [5.74, 6) is -0.215. The van der Waals surface area contributed by atoms with Crippen LogP contribution in [0.4, 0.5) is 4.39 Å². The largest absolute Gasteiger partial charge is 0.339 e. The fourth-order valence-electron chi connectivity index (χ4n) is 3.84. The van der Waals surface area contributed by atoms with Crippen LogP contribution in [0.25, 0.3) is 32.5 Å². The van der Waals surface area contributed by atoms with E-state index in [2.05, 4.69) is 18.0 Å². The summed E-state index contributed by atoms with van der Waals surface area (Å²) in [6.07, 6.45) is 0.933. The number of carbonyl (C=O) groups excluding carboxylic acids is 1. The molecule has 4 aromatic rings. The van der Waals surface area contributed by atoms with E-state index in [-0.39, 0.29) is 11.7 Å². The second kappa shape index (κ2) is 9.59. The lowest BCUT2D eigenvalue weighted by Gasteiger charge is -2.20. The minimum Gasteiger partial charge on any atom is -0.339 e. The van der Waals surface area contributed by atoms with Crippen molar-refractivity contribution in [2.75, 3.05) is 13.1 Å². The summed E-state index contributed by atoms with van der Waals surface area (Å²) in [6.45, 7) is 5.89. The standard InChI is InChI=1S/C26H26FN3OS/c1-3-13-30(4-2)26(31)19-7-5-17(6-8-19)20-14-22(18-9-11-21(27)12-10-18)25-23(15-20)29-24(16-28)32-25/h5-12,14-15H,3-4,13,16,28H2,1-2H3. The fraction of sp³-hybridized carbons (Fsp3) is 0.231. The highest BCUT2D eigenvalue weighted by molar-refractivity contribution is 7.19. The molecule has 164 valence electrons. The Hall–Kier alpha value is -3.09. The highest BCUT2D eigenvalue weighted by atomic mass is 32.1. The van der Waals surface area contributed by atoms with Gasteiger partial charge in [-0.05, 0) is 66.4 Å². The van der Waals surface area contributed by atoms with Crippen LogP contribution in [-0.2, 0) is 6.54 Å². The number of nitrogens with zero attached hydrogens (tertiary/aromatic N) is 2. The van der Waals surface area contributed by atoms with Gasteiger partial charge >= 0.3 is 0 Å². The van der Waals surface area contributed by atoms with E-state index < -0.39 is 0 Å². The van der Waals surface area contributed by atoms with Gasteiger partial charge in [0.15, 0.2) is 0 Å². The van der Waals surface area contributed by atoms with E-state index in [9.17, 15) is 9.18 Å². The van der Waals surface area contributed by atoms with Gasteiger partial charge < -0.3 is 10.6 Å². The van der Waals surface area contributed by atoms with Crippen LogP contribution in [0.5, 0.6) is 0 Å². The monoisotopic (exact) mass is 447 g/mol. The molecule has 0 spiro atoms. The third-order valence-corrected chi connectivity index (χ3v) is 6.62. The highest BCUT2D eigenvalue weighted by Crippen LogP contribution is 2.37. The summed E-state index contributed by atoms with van der Waals surface area (Å²) in [4.78, 5) is 19.3. The Bertz CT molecular complexity index is 1230. The van der Waals surface area contributed by atoms with E-state index in [1.807, 2.05) is 42.2 Å². The van der Waals surface area contributed by atoms with Crippen molar-refractivity contribution in [2.24, 2.45) is 5.73 Å². The molecule has 32 heavy (non-hydrogen) atoms. The maximum atomic E-state index is 13.5. The predicted molar refractivity (Wildman–Crippen MR) is 130 cm³/mol. The molecule has 0 aliphatic rings. The van der Waals surface area contributed by atoms with Crippen LogP contribution in [0.3, 0.4) is 0 Å². The molecule has 4 nitrogen and oxygen atoms in total. The van der Waals surface area contributed by atoms with E-state index in [0.717, 1.165) is 50.4 Å². The maximum absolute atomic E-state index is 13.5. The molecule has 0 fully saturated rings. The highest BCUT2D eigenvalue weighted by Gasteiger charge is 2.15. The number of thiazole rings is 1. The summed E-state index contributed by atoms with van der Waals surface area (Å²) in [5, 5.41) is 0.858. The number of halogens is 1. The van der Waals surface area contributed by atoms with Gasteiger partial charge in [0.05, 0.1) is 10.2 Å². The van der Waals surface area contributed by atoms with Gasteiger partial charge in [0.25, 0.3) is 5.91 Å². The Balaban J connectivity index is 1.76. The molecule has 0 unspecified atom stereocenters. The van der Waals surface area contributed by atoms with Crippen LogP contribution in [0.1, 0.15) is 35.6 Å². The van der Waals surface area contributed by atoms with Gasteiger partial charge in [0.2, 0.25) is 0 Å². The first-order chi connectivity index (χ1) is 15.5. The van der Waals surface area contributed by atoms with Crippen molar-refractivity contribution in [3.05, 3.63) is 77.1 Å².